The zero-order valence-corrected chi connectivity index (χ0v) is 17.8. The number of Topliss-reactive ketones (excluding diaryl/α,β-unsaturated/α-hetero) is 1. The lowest BCUT2D eigenvalue weighted by Gasteiger charge is -2.32. The van der Waals surface area contributed by atoms with Gasteiger partial charge in [0.2, 0.25) is 5.95 Å². The van der Waals surface area contributed by atoms with E-state index in [0.717, 1.165) is 40.8 Å². The molecule has 0 unspecified atom stereocenters. The van der Waals surface area contributed by atoms with Gasteiger partial charge >= 0.3 is 0 Å². The summed E-state index contributed by atoms with van der Waals surface area (Å²) in [4.78, 5) is 17.7. The van der Waals surface area contributed by atoms with Crippen LogP contribution in [0, 0.1) is 6.92 Å². The number of rotatable bonds is 4. The van der Waals surface area contributed by atoms with Gasteiger partial charge in [-0.3, -0.25) is 4.79 Å². The number of aryl methyl sites for hydroxylation is 1. The second kappa shape index (κ2) is 7.58. The summed E-state index contributed by atoms with van der Waals surface area (Å²) < 4.78 is 12.6. The highest BCUT2D eigenvalue weighted by molar-refractivity contribution is 5.99. The molecule has 2 aliphatic rings. The Balaban J connectivity index is 1.67. The van der Waals surface area contributed by atoms with E-state index in [4.69, 9.17) is 19.6 Å². The minimum Gasteiger partial charge on any atom is -0.497 e. The number of hydrogen-bond donors (Lipinski definition) is 1. The molecular formula is C24H24N4O3. The lowest BCUT2D eigenvalue weighted by atomic mass is 9.85. The van der Waals surface area contributed by atoms with Gasteiger partial charge in [-0.25, -0.2) is 4.68 Å². The smallest absolute Gasteiger partial charge is 0.226 e. The maximum atomic E-state index is 13.0. The fourth-order valence-corrected chi connectivity index (χ4v) is 4.36. The molecule has 31 heavy (non-hydrogen) atoms. The van der Waals surface area contributed by atoms with Crippen molar-refractivity contribution in [1.82, 2.24) is 14.8 Å². The molecule has 0 saturated heterocycles. The highest BCUT2D eigenvalue weighted by Gasteiger charge is 2.37. The fraction of sp³-hybridized carbons (Fsp3) is 0.292. The third-order valence-corrected chi connectivity index (χ3v) is 5.84. The third-order valence-electron chi connectivity index (χ3n) is 5.84. The zero-order chi connectivity index (χ0) is 21.5. The molecule has 1 aliphatic carbocycles. The van der Waals surface area contributed by atoms with Crippen molar-refractivity contribution in [2.24, 2.45) is 0 Å². The molecule has 0 radical (unpaired) electrons. The van der Waals surface area contributed by atoms with Crippen LogP contribution in [0.3, 0.4) is 0 Å². The van der Waals surface area contributed by atoms with Gasteiger partial charge in [0.1, 0.15) is 17.5 Å². The van der Waals surface area contributed by atoms with E-state index < -0.39 is 0 Å². The molecule has 158 valence electrons. The number of aromatic nitrogens is 3. The molecule has 0 spiro atoms. The molecule has 3 aromatic rings. The topological polar surface area (TPSA) is 78.3 Å². The maximum Gasteiger partial charge on any atom is 0.226 e. The molecule has 7 heteroatoms. The average Bonchev–Trinajstić information content (AvgIpc) is 3.21. The molecule has 1 N–H and O–H groups in total. The second-order valence-electron chi connectivity index (χ2n) is 7.92. The second-order valence-corrected chi connectivity index (χ2v) is 7.92. The van der Waals surface area contributed by atoms with Crippen LogP contribution in [0.2, 0.25) is 0 Å². The summed E-state index contributed by atoms with van der Waals surface area (Å²) in [6, 6.07) is 13.5. The predicted octanol–water partition coefficient (Wildman–Crippen LogP) is 4.29. The number of fused-ring (bicyclic) bond motifs is 1. The molecule has 0 fully saturated rings. The monoisotopic (exact) mass is 416 g/mol. The summed E-state index contributed by atoms with van der Waals surface area (Å²) in [5.74, 6) is 2.68. The summed E-state index contributed by atoms with van der Waals surface area (Å²) in [7, 11) is 3.23. The first-order valence-corrected chi connectivity index (χ1v) is 10.4. The van der Waals surface area contributed by atoms with Crippen LogP contribution in [0.1, 0.15) is 36.4 Å². The number of carbonyl (C=O) groups excluding carboxylic acids is 1. The van der Waals surface area contributed by atoms with E-state index in [1.54, 1.807) is 14.2 Å². The Labute approximate surface area is 180 Å². The number of hydrogen-bond acceptors (Lipinski definition) is 6. The number of nitrogens with zero attached hydrogens (tertiary/aromatic N) is 3. The first-order chi connectivity index (χ1) is 15.1. The summed E-state index contributed by atoms with van der Waals surface area (Å²) in [5.41, 5.74) is 4.71. The number of carbonyl (C=O) groups is 1. The third kappa shape index (κ3) is 3.36. The van der Waals surface area contributed by atoms with Crippen LogP contribution < -0.4 is 14.8 Å². The number of ketones is 1. The standard InChI is InChI=1S/C24H24N4O3/c1-14-6-4-7-15(10-14)22-21-19(8-5-9-20(21)29)25-24-26-23(27-28(22)24)16-11-17(30-2)13-18(12-16)31-3/h4,6-7,10-13,22H,5,8-9H2,1-3H3,(H,25,26,27)/t22-/m0/s1. The number of benzene rings is 2. The first-order valence-electron chi connectivity index (χ1n) is 10.4. The van der Waals surface area contributed by atoms with Gasteiger partial charge < -0.3 is 14.8 Å². The van der Waals surface area contributed by atoms with Gasteiger partial charge in [0.05, 0.1) is 14.2 Å². The van der Waals surface area contributed by atoms with Gasteiger partial charge in [0, 0.05) is 29.3 Å². The number of anilines is 1. The van der Waals surface area contributed by atoms with Crippen LogP contribution in [0.5, 0.6) is 11.5 Å². The highest BCUT2D eigenvalue weighted by Crippen LogP contribution is 2.41. The van der Waals surface area contributed by atoms with Crippen molar-refractivity contribution in [1.29, 1.82) is 0 Å². The van der Waals surface area contributed by atoms with E-state index in [-0.39, 0.29) is 11.8 Å². The maximum absolute atomic E-state index is 13.0. The molecular weight excluding hydrogens is 392 g/mol. The van der Waals surface area contributed by atoms with Crippen LogP contribution >= 0.6 is 0 Å². The van der Waals surface area contributed by atoms with Gasteiger partial charge in [-0.2, -0.15) is 4.98 Å². The highest BCUT2D eigenvalue weighted by atomic mass is 16.5. The van der Waals surface area contributed by atoms with E-state index >= 15 is 0 Å². The Hall–Kier alpha value is -3.61. The summed E-state index contributed by atoms with van der Waals surface area (Å²) >= 11 is 0. The van der Waals surface area contributed by atoms with Crippen molar-refractivity contribution < 1.29 is 14.3 Å². The van der Waals surface area contributed by atoms with Crippen molar-refractivity contribution in [3.05, 3.63) is 64.9 Å². The van der Waals surface area contributed by atoms with Crippen LogP contribution in [0.15, 0.2) is 53.7 Å². The summed E-state index contributed by atoms with van der Waals surface area (Å²) in [6.45, 7) is 2.05. The van der Waals surface area contributed by atoms with Gasteiger partial charge in [0.25, 0.3) is 0 Å². The predicted molar refractivity (Wildman–Crippen MR) is 117 cm³/mol. The largest absolute Gasteiger partial charge is 0.497 e. The Morgan fingerprint density at radius 3 is 2.55 bits per heavy atom. The Morgan fingerprint density at radius 1 is 1.06 bits per heavy atom. The van der Waals surface area contributed by atoms with Crippen LogP contribution in [-0.4, -0.2) is 34.8 Å². The number of nitrogens with one attached hydrogen (secondary N) is 1. The van der Waals surface area contributed by atoms with Gasteiger partial charge in [0.15, 0.2) is 11.6 Å². The normalized spacial score (nSPS) is 17.6. The summed E-state index contributed by atoms with van der Waals surface area (Å²) in [5, 5.41) is 8.21. The molecule has 0 saturated carbocycles. The van der Waals surface area contributed by atoms with E-state index in [1.165, 1.54) is 0 Å². The van der Waals surface area contributed by atoms with E-state index in [9.17, 15) is 4.79 Å². The molecule has 1 atom stereocenters. The SMILES string of the molecule is COc1cc(OC)cc(-c2nc3n(n2)[C@@H](c2cccc(C)c2)C2=C(CCCC2=O)N3)c1. The van der Waals surface area contributed by atoms with Crippen LogP contribution in [0.25, 0.3) is 11.4 Å². The minimum atomic E-state index is -0.298. The number of methoxy groups -OCH3 is 2. The molecule has 2 aromatic carbocycles. The minimum absolute atomic E-state index is 0.172. The van der Waals surface area contributed by atoms with E-state index in [0.29, 0.717) is 29.7 Å². The van der Waals surface area contributed by atoms with Crippen molar-refractivity contribution in [2.45, 2.75) is 32.2 Å². The molecule has 0 amide bonds. The van der Waals surface area contributed by atoms with E-state index in [2.05, 4.69) is 30.4 Å². The molecule has 7 nitrogen and oxygen atoms in total. The molecule has 5 rings (SSSR count). The quantitative estimate of drug-likeness (QED) is 0.684. The van der Waals surface area contributed by atoms with Crippen LogP contribution in [0.4, 0.5) is 5.95 Å². The van der Waals surface area contributed by atoms with Crippen molar-refractivity contribution in [3.63, 3.8) is 0 Å². The van der Waals surface area contributed by atoms with Gasteiger partial charge in [-0.15, -0.1) is 5.10 Å². The van der Waals surface area contributed by atoms with Crippen molar-refractivity contribution in [3.8, 4) is 22.9 Å². The Bertz CT molecular complexity index is 1190. The van der Waals surface area contributed by atoms with Crippen LogP contribution in [-0.2, 0) is 4.79 Å². The van der Waals surface area contributed by atoms with E-state index in [1.807, 2.05) is 28.9 Å². The van der Waals surface area contributed by atoms with Crippen molar-refractivity contribution >= 4 is 11.7 Å². The molecule has 2 heterocycles. The van der Waals surface area contributed by atoms with Crippen molar-refractivity contribution in [2.75, 3.05) is 19.5 Å². The molecule has 0 bridgehead atoms. The fourth-order valence-electron chi connectivity index (χ4n) is 4.36. The lowest BCUT2D eigenvalue weighted by molar-refractivity contribution is -0.116. The molecule has 1 aromatic heterocycles. The van der Waals surface area contributed by atoms with Gasteiger partial charge in [-0.05, 0) is 37.5 Å². The van der Waals surface area contributed by atoms with Gasteiger partial charge in [-0.1, -0.05) is 29.8 Å². The Kier molecular flexibility index (Phi) is 4.73. The Morgan fingerprint density at radius 2 is 1.84 bits per heavy atom. The average molecular weight is 416 g/mol. The summed E-state index contributed by atoms with van der Waals surface area (Å²) in [6.07, 6.45) is 2.24. The zero-order valence-electron chi connectivity index (χ0n) is 17.8. The number of allylic oxidation sites excluding steroid dienone is 2. The lowest BCUT2D eigenvalue weighted by Crippen LogP contribution is -2.31. The first kappa shape index (κ1) is 19.4. The molecule has 1 aliphatic heterocycles. The number of ether oxygens (including phenoxy) is 2.